The van der Waals surface area contributed by atoms with Crippen molar-refractivity contribution >= 4 is 21.4 Å². The van der Waals surface area contributed by atoms with Gasteiger partial charge in [0.15, 0.2) is 0 Å². The molecule has 2 aromatic rings. The van der Waals surface area contributed by atoms with Crippen LogP contribution in [0, 0.1) is 0 Å². The number of hydrogen-bond acceptors (Lipinski definition) is 5. The van der Waals surface area contributed by atoms with E-state index in [0.29, 0.717) is 0 Å². The van der Waals surface area contributed by atoms with Crippen LogP contribution in [0.15, 0.2) is 6.20 Å². The van der Waals surface area contributed by atoms with Crippen molar-refractivity contribution in [1.29, 1.82) is 0 Å². The van der Waals surface area contributed by atoms with Crippen LogP contribution in [0.3, 0.4) is 0 Å². The zero-order chi connectivity index (χ0) is 15.4. The third-order valence-corrected chi connectivity index (χ3v) is 4.62. The van der Waals surface area contributed by atoms with E-state index in [4.69, 9.17) is 14.8 Å². The summed E-state index contributed by atoms with van der Waals surface area (Å²) >= 11 is 1.65. The van der Waals surface area contributed by atoms with Gasteiger partial charge < -0.3 is 9.64 Å². The van der Waals surface area contributed by atoms with Crippen LogP contribution in [0.4, 0.5) is 5.13 Å². The fourth-order valence-electron chi connectivity index (χ4n) is 2.78. The number of ether oxygens (including phenoxy) is 1. The first-order valence-electron chi connectivity index (χ1n) is 7.43. The monoisotopic (exact) mass is 308 g/mol. The van der Waals surface area contributed by atoms with Crippen molar-refractivity contribution in [2.75, 3.05) is 18.0 Å². The average molecular weight is 308 g/mol. The maximum atomic E-state index is 5.96. The van der Waals surface area contributed by atoms with Crippen molar-refractivity contribution in [3.05, 3.63) is 11.9 Å². The van der Waals surface area contributed by atoms with Crippen LogP contribution in [0.1, 0.15) is 47.2 Å². The van der Waals surface area contributed by atoms with Gasteiger partial charge in [0.2, 0.25) is 10.1 Å². The summed E-state index contributed by atoms with van der Waals surface area (Å²) < 4.78 is 7.87. The highest BCUT2D eigenvalue weighted by Gasteiger charge is 2.33. The second kappa shape index (κ2) is 4.68. The van der Waals surface area contributed by atoms with E-state index < -0.39 is 0 Å². The highest BCUT2D eigenvalue weighted by atomic mass is 32.1. The number of fused-ring (bicyclic) bond motifs is 1. The first-order chi connectivity index (χ1) is 9.64. The zero-order valence-corrected chi connectivity index (χ0v) is 14.5. The van der Waals surface area contributed by atoms with Gasteiger partial charge in [-0.2, -0.15) is 0 Å². The van der Waals surface area contributed by atoms with Crippen LogP contribution in [-0.2, 0) is 10.2 Å². The second-order valence-electron chi connectivity index (χ2n) is 7.56. The summed E-state index contributed by atoms with van der Waals surface area (Å²) in [5.74, 6) is 0. The average Bonchev–Trinajstić information content (AvgIpc) is 2.81. The Morgan fingerprint density at radius 2 is 2.10 bits per heavy atom. The van der Waals surface area contributed by atoms with E-state index in [-0.39, 0.29) is 17.1 Å². The Kier molecular flexibility index (Phi) is 3.29. The number of aromatic nitrogens is 3. The van der Waals surface area contributed by atoms with E-state index in [2.05, 4.69) is 46.4 Å². The first kappa shape index (κ1) is 14.8. The number of anilines is 1. The maximum Gasteiger partial charge on any atom is 0.214 e. The molecule has 21 heavy (non-hydrogen) atoms. The molecule has 6 heteroatoms. The molecule has 0 saturated carbocycles. The number of nitrogens with zero attached hydrogens (tertiary/aromatic N) is 4. The Morgan fingerprint density at radius 3 is 2.67 bits per heavy atom. The predicted molar refractivity (Wildman–Crippen MR) is 86.4 cm³/mol. The van der Waals surface area contributed by atoms with Crippen LogP contribution in [0.25, 0.3) is 4.96 Å². The van der Waals surface area contributed by atoms with Crippen molar-refractivity contribution in [2.45, 2.75) is 58.7 Å². The summed E-state index contributed by atoms with van der Waals surface area (Å²) in [5.41, 5.74) is 1.01. The Hall–Kier alpha value is -1.14. The van der Waals surface area contributed by atoms with Gasteiger partial charge in [0, 0.05) is 18.5 Å². The molecule has 1 saturated heterocycles. The number of hydrogen-bond donors (Lipinski definition) is 0. The van der Waals surface area contributed by atoms with Crippen LogP contribution in [-0.4, -0.2) is 39.4 Å². The smallest absolute Gasteiger partial charge is 0.214 e. The molecule has 2 aromatic heterocycles. The molecule has 0 amide bonds. The minimum Gasteiger partial charge on any atom is -0.369 e. The van der Waals surface area contributed by atoms with Gasteiger partial charge in [0.25, 0.3) is 0 Å². The van der Waals surface area contributed by atoms with E-state index in [1.54, 1.807) is 11.3 Å². The molecule has 3 rings (SSSR count). The van der Waals surface area contributed by atoms with Crippen molar-refractivity contribution in [2.24, 2.45) is 0 Å². The minimum atomic E-state index is -0.137. The standard InChI is InChI=1S/C15H24N4OS/c1-10-7-18(9-15(5,6)20-10)13-17-19-8-11(14(2,3)4)16-12(19)21-13/h8,10H,7,9H2,1-6H3/t10-/m1/s1. The Morgan fingerprint density at radius 1 is 1.38 bits per heavy atom. The molecule has 0 spiro atoms. The van der Waals surface area contributed by atoms with Gasteiger partial charge in [-0.3, -0.25) is 0 Å². The maximum absolute atomic E-state index is 5.96. The first-order valence-corrected chi connectivity index (χ1v) is 8.25. The molecule has 0 bridgehead atoms. The van der Waals surface area contributed by atoms with Crippen LogP contribution in [0.2, 0.25) is 0 Å². The molecule has 0 aliphatic carbocycles. The molecule has 3 heterocycles. The van der Waals surface area contributed by atoms with Gasteiger partial charge >= 0.3 is 0 Å². The minimum absolute atomic E-state index is 0.0586. The number of rotatable bonds is 1. The van der Waals surface area contributed by atoms with Gasteiger partial charge in [0.1, 0.15) is 0 Å². The van der Waals surface area contributed by atoms with E-state index >= 15 is 0 Å². The summed E-state index contributed by atoms with van der Waals surface area (Å²) in [6.07, 6.45) is 2.26. The molecule has 0 radical (unpaired) electrons. The molecule has 1 aliphatic heterocycles. The van der Waals surface area contributed by atoms with Gasteiger partial charge in [0.05, 0.1) is 23.6 Å². The largest absolute Gasteiger partial charge is 0.369 e. The van der Waals surface area contributed by atoms with Crippen molar-refractivity contribution in [3.63, 3.8) is 0 Å². The molecule has 1 fully saturated rings. The molecule has 0 unspecified atom stereocenters. The molecule has 1 aliphatic rings. The Labute approximate surface area is 129 Å². The summed E-state index contributed by atoms with van der Waals surface area (Å²) in [7, 11) is 0. The molecule has 5 nitrogen and oxygen atoms in total. The summed E-state index contributed by atoms with van der Waals surface area (Å²) in [5, 5.41) is 5.74. The Bertz CT molecular complexity index is 621. The predicted octanol–water partition coefficient (Wildman–Crippen LogP) is 3.09. The van der Waals surface area contributed by atoms with Gasteiger partial charge in [-0.25, -0.2) is 9.50 Å². The molecular formula is C15H24N4OS. The van der Waals surface area contributed by atoms with Crippen molar-refractivity contribution in [1.82, 2.24) is 14.6 Å². The second-order valence-corrected chi connectivity index (χ2v) is 8.49. The molecule has 0 N–H and O–H groups in total. The highest BCUT2D eigenvalue weighted by molar-refractivity contribution is 7.20. The highest BCUT2D eigenvalue weighted by Crippen LogP contribution is 2.31. The zero-order valence-electron chi connectivity index (χ0n) is 13.7. The van der Waals surface area contributed by atoms with Crippen LogP contribution >= 0.6 is 11.3 Å². The molecular weight excluding hydrogens is 284 g/mol. The summed E-state index contributed by atoms with van der Waals surface area (Å²) in [6, 6.07) is 0. The molecule has 0 aromatic carbocycles. The van der Waals surface area contributed by atoms with Crippen molar-refractivity contribution < 1.29 is 4.74 Å². The third-order valence-electron chi connectivity index (χ3n) is 3.64. The fourth-order valence-corrected chi connectivity index (χ4v) is 3.67. The molecule has 1 atom stereocenters. The lowest BCUT2D eigenvalue weighted by Crippen LogP contribution is -2.52. The van der Waals surface area contributed by atoms with Crippen LogP contribution < -0.4 is 4.90 Å². The molecule has 116 valence electrons. The summed E-state index contributed by atoms with van der Waals surface area (Å²) in [6.45, 7) is 14.6. The van der Waals surface area contributed by atoms with Crippen molar-refractivity contribution in [3.8, 4) is 0 Å². The quantitative estimate of drug-likeness (QED) is 0.812. The number of imidazole rings is 1. The normalized spacial score (nSPS) is 23.0. The van der Waals surface area contributed by atoms with E-state index in [0.717, 1.165) is 28.9 Å². The van der Waals surface area contributed by atoms with Gasteiger partial charge in [-0.1, -0.05) is 32.1 Å². The lowest BCUT2D eigenvalue weighted by molar-refractivity contribution is -0.0750. The fraction of sp³-hybridized carbons (Fsp3) is 0.733. The topological polar surface area (TPSA) is 42.7 Å². The SMILES string of the molecule is C[C@@H]1CN(c2nn3cc(C(C)(C)C)nc3s2)CC(C)(C)O1. The third kappa shape index (κ3) is 2.92. The lowest BCUT2D eigenvalue weighted by atomic mass is 9.93. The van der Waals surface area contributed by atoms with Crippen LogP contribution in [0.5, 0.6) is 0 Å². The van der Waals surface area contributed by atoms with E-state index in [1.165, 1.54) is 0 Å². The summed E-state index contributed by atoms with van der Waals surface area (Å²) in [4.78, 5) is 7.99. The van der Waals surface area contributed by atoms with Gasteiger partial charge in [-0.15, -0.1) is 5.10 Å². The van der Waals surface area contributed by atoms with Gasteiger partial charge in [-0.05, 0) is 20.8 Å². The lowest BCUT2D eigenvalue weighted by Gasteiger charge is -2.41. The van der Waals surface area contributed by atoms with E-state index in [9.17, 15) is 0 Å². The Balaban J connectivity index is 1.89. The number of morpholine rings is 1. The van der Waals surface area contributed by atoms with E-state index in [1.807, 2.05) is 10.7 Å².